The number of phenolic OH excluding ortho intramolecular Hbond substituents is 1. The Morgan fingerprint density at radius 2 is 1.81 bits per heavy atom. The van der Waals surface area contributed by atoms with Crippen LogP contribution in [0.15, 0.2) is 36.4 Å². The molecule has 0 fully saturated rings. The Bertz CT molecular complexity index is 609. The first-order valence-corrected chi connectivity index (χ1v) is 7.22. The molecule has 4 heteroatoms. The zero-order valence-corrected chi connectivity index (χ0v) is 13.3. The number of aryl methyl sites for hydroxylation is 1. The predicted octanol–water partition coefficient (Wildman–Crippen LogP) is 3.96. The summed E-state index contributed by atoms with van der Waals surface area (Å²) in [4.78, 5) is 2.07. The van der Waals surface area contributed by atoms with E-state index in [2.05, 4.69) is 4.90 Å². The van der Waals surface area contributed by atoms with E-state index in [0.29, 0.717) is 11.6 Å². The van der Waals surface area contributed by atoms with Crippen molar-refractivity contribution < 1.29 is 9.84 Å². The molecule has 0 aliphatic rings. The summed E-state index contributed by atoms with van der Waals surface area (Å²) >= 11 is 6.00. The highest BCUT2D eigenvalue weighted by atomic mass is 35.5. The van der Waals surface area contributed by atoms with Gasteiger partial charge in [0.2, 0.25) is 0 Å². The van der Waals surface area contributed by atoms with E-state index >= 15 is 0 Å². The molecule has 0 unspecified atom stereocenters. The van der Waals surface area contributed by atoms with E-state index in [1.54, 1.807) is 6.07 Å². The maximum absolute atomic E-state index is 10.0. The molecule has 0 saturated heterocycles. The van der Waals surface area contributed by atoms with Crippen LogP contribution in [0.3, 0.4) is 0 Å². The number of hydrogen-bond donors (Lipinski definition) is 1. The first kappa shape index (κ1) is 15.7. The van der Waals surface area contributed by atoms with Crippen molar-refractivity contribution in [2.24, 2.45) is 0 Å². The van der Waals surface area contributed by atoms with E-state index in [9.17, 15) is 5.11 Å². The minimum Gasteiger partial charge on any atom is -0.507 e. The van der Waals surface area contributed by atoms with E-state index in [1.807, 2.05) is 51.4 Å². The van der Waals surface area contributed by atoms with Gasteiger partial charge in [-0.15, -0.1) is 0 Å². The molecule has 2 aromatic carbocycles. The van der Waals surface area contributed by atoms with Gasteiger partial charge in [0, 0.05) is 17.1 Å². The van der Waals surface area contributed by atoms with Crippen molar-refractivity contribution in [3.8, 4) is 22.6 Å². The molecule has 0 aliphatic heterocycles. The second kappa shape index (κ2) is 6.83. The zero-order valence-electron chi connectivity index (χ0n) is 12.6. The number of ether oxygens (including phenoxy) is 1. The number of nitrogens with zero attached hydrogens (tertiary/aromatic N) is 1. The van der Waals surface area contributed by atoms with Gasteiger partial charge in [-0.1, -0.05) is 23.7 Å². The van der Waals surface area contributed by atoms with Crippen molar-refractivity contribution in [2.45, 2.75) is 6.92 Å². The zero-order chi connectivity index (χ0) is 15.4. The lowest BCUT2D eigenvalue weighted by Gasteiger charge is -2.12. The SMILES string of the molecule is Cc1cc(-c2ccc(OCCN(C)C)cc2)c(O)cc1Cl. The molecular weight excluding hydrogens is 286 g/mol. The van der Waals surface area contributed by atoms with Crippen LogP contribution in [0.2, 0.25) is 5.02 Å². The molecular formula is C17H20ClNO2. The monoisotopic (exact) mass is 305 g/mol. The highest BCUT2D eigenvalue weighted by Gasteiger charge is 2.08. The van der Waals surface area contributed by atoms with Crippen LogP contribution in [-0.4, -0.2) is 37.3 Å². The highest BCUT2D eigenvalue weighted by molar-refractivity contribution is 6.31. The Morgan fingerprint density at radius 3 is 2.43 bits per heavy atom. The first-order valence-electron chi connectivity index (χ1n) is 6.84. The van der Waals surface area contributed by atoms with E-state index in [0.717, 1.165) is 29.0 Å². The molecule has 2 aromatic rings. The minimum atomic E-state index is 0.187. The quantitative estimate of drug-likeness (QED) is 0.907. The van der Waals surface area contributed by atoms with Crippen molar-refractivity contribution in [1.29, 1.82) is 0 Å². The third-order valence-electron chi connectivity index (χ3n) is 3.25. The Balaban J connectivity index is 2.14. The van der Waals surface area contributed by atoms with Gasteiger partial charge in [-0.2, -0.15) is 0 Å². The lowest BCUT2D eigenvalue weighted by molar-refractivity contribution is 0.261. The van der Waals surface area contributed by atoms with Gasteiger partial charge in [0.15, 0.2) is 0 Å². The fourth-order valence-electron chi connectivity index (χ4n) is 1.98. The number of aromatic hydroxyl groups is 1. The molecule has 2 rings (SSSR count). The summed E-state index contributed by atoms with van der Waals surface area (Å²) in [6.45, 7) is 3.45. The molecule has 112 valence electrons. The van der Waals surface area contributed by atoms with E-state index in [4.69, 9.17) is 16.3 Å². The minimum absolute atomic E-state index is 0.187. The predicted molar refractivity (Wildman–Crippen MR) is 87.3 cm³/mol. The highest BCUT2D eigenvalue weighted by Crippen LogP contribution is 2.34. The molecule has 21 heavy (non-hydrogen) atoms. The summed E-state index contributed by atoms with van der Waals surface area (Å²) < 4.78 is 5.66. The third kappa shape index (κ3) is 4.13. The molecule has 0 aromatic heterocycles. The maximum Gasteiger partial charge on any atom is 0.124 e. The molecule has 1 N–H and O–H groups in total. The van der Waals surface area contributed by atoms with Gasteiger partial charge in [-0.25, -0.2) is 0 Å². The van der Waals surface area contributed by atoms with Gasteiger partial charge in [-0.3, -0.25) is 0 Å². The number of rotatable bonds is 5. The summed E-state index contributed by atoms with van der Waals surface area (Å²) in [5.41, 5.74) is 2.65. The maximum atomic E-state index is 10.0. The van der Waals surface area contributed by atoms with Crippen LogP contribution in [0.5, 0.6) is 11.5 Å². The number of halogens is 1. The summed E-state index contributed by atoms with van der Waals surface area (Å²) in [5.74, 6) is 1.01. The topological polar surface area (TPSA) is 32.7 Å². The summed E-state index contributed by atoms with van der Waals surface area (Å²) in [7, 11) is 4.02. The van der Waals surface area contributed by atoms with Crippen molar-refractivity contribution in [3.63, 3.8) is 0 Å². The lowest BCUT2D eigenvalue weighted by Crippen LogP contribution is -2.19. The fraction of sp³-hybridized carbons (Fsp3) is 0.294. The van der Waals surface area contributed by atoms with Crippen molar-refractivity contribution in [3.05, 3.63) is 47.0 Å². The molecule has 0 saturated carbocycles. The molecule has 0 aliphatic carbocycles. The normalized spacial score (nSPS) is 10.9. The average Bonchev–Trinajstić information content (AvgIpc) is 2.43. The van der Waals surface area contributed by atoms with Crippen LogP contribution in [0.1, 0.15) is 5.56 Å². The number of benzene rings is 2. The van der Waals surface area contributed by atoms with E-state index in [-0.39, 0.29) is 5.75 Å². The first-order chi connectivity index (χ1) is 9.97. The summed E-state index contributed by atoms with van der Waals surface area (Å²) in [6.07, 6.45) is 0. The van der Waals surface area contributed by atoms with Crippen molar-refractivity contribution in [1.82, 2.24) is 4.90 Å². The second-order valence-electron chi connectivity index (χ2n) is 5.29. The molecule has 3 nitrogen and oxygen atoms in total. The molecule has 0 amide bonds. The molecule has 0 bridgehead atoms. The van der Waals surface area contributed by atoms with Gasteiger partial charge in [-0.05, 0) is 56.4 Å². The van der Waals surface area contributed by atoms with Gasteiger partial charge < -0.3 is 14.7 Å². The second-order valence-corrected chi connectivity index (χ2v) is 5.70. The lowest BCUT2D eigenvalue weighted by atomic mass is 10.0. The molecule has 0 radical (unpaired) electrons. The molecule has 0 heterocycles. The number of phenols is 1. The van der Waals surface area contributed by atoms with Crippen LogP contribution >= 0.6 is 11.6 Å². The van der Waals surface area contributed by atoms with Crippen LogP contribution < -0.4 is 4.74 Å². The molecule has 0 spiro atoms. The number of hydrogen-bond acceptors (Lipinski definition) is 3. The van der Waals surface area contributed by atoms with Gasteiger partial charge in [0.05, 0.1) is 0 Å². The Labute approximate surface area is 130 Å². The molecule has 0 atom stereocenters. The van der Waals surface area contributed by atoms with Crippen molar-refractivity contribution >= 4 is 11.6 Å². The van der Waals surface area contributed by atoms with Gasteiger partial charge in [0.25, 0.3) is 0 Å². The van der Waals surface area contributed by atoms with Crippen LogP contribution in [0, 0.1) is 6.92 Å². The Hall–Kier alpha value is -1.71. The summed E-state index contributed by atoms with van der Waals surface area (Å²) in [6, 6.07) is 11.2. The largest absolute Gasteiger partial charge is 0.507 e. The number of likely N-dealkylation sites (N-methyl/N-ethyl adjacent to an activating group) is 1. The van der Waals surface area contributed by atoms with Gasteiger partial charge in [0.1, 0.15) is 18.1 Å². The van der Waals surface area contributed by atoms with E-state index < -0.39 is 0 Å². The van der Waals surface area contributed by atoms with Crippen LogP contribution in [0.4, 0.5) is 0 Å². The third-order valence-corrected chi connectivity index (χ3v) is 3.66. The van der Waals surface area contributed by atoms with Crippen LogP contribution in [-0.2, 0) is 0 Å². The van der Waals surface area contributed by atoms with E-state index in [1.165, 1.54) is 0 Å². The van der Waals surface area contributed by atoms with Crippen molar-refractivity contribution in [2.75, 3.05) is 27.2 Å². The Kier molecular flexibility index (Phi) is 5.10. The fourth-order valence-corrected chi connectivity index (χ4v) is 2.14. The Morgan fingerprint density at radius 1 is 1.14 bits per heavy atom. The standard InChI is InChI=1S/C17H20ClNO2/c1-12-10-15(17(20)11-16(12)18)13-4-6-14(7-5-13)21-9-8-19(2)3/h4-7,10-11,20H,8-9H2,1-3H3. The average molecular weight is 306 g/mol. The van der Waals surface area contributed by atoms with Crippen LogP contribution in [0.25, 0.3) is 11.1 Å². The smallest absolute Gasteiger partial charge is 0.124 e. The summed E-state index contributed by atoms with van der Waals surface area (Å²) in [5, 5.41) is 10.6. The van der Waals surface area contributed by atoms with Gasteiger partial charge >= 0.3 is 0 Å².